The number of nitro groups is 1. The molecule has 7 nitrogen and oxygen atoms in total. The van der Waals surface area contributed by atoms with Gasteiger partial charge in [0.1, 0.15) is 5.69 Å². The van der Waals surface area contributed by atoms with E-state index in [9.17, 15) is 14.9 Å². The lowest BCUT2D eigenvalue weighted by Crippen LogP contribution is -2.05. The minimum atomic E-state index is -0.447. The van der Waals surface area contributed by atoms with Crippen LogP contribution in [0.4, 0.5) is 5.69 Å². The van der Waals surface area contributed by atoms with Crippen LogP contribution in [-0.4, -0.2) is 26.2 Å². The van der Waals surface area contributed by atoms with Crippen molar-refractivity contribution in [2.75, 3.05) is 0 Å². The Labute approximate surface area is 114 Å². The van der Waals surface area contributed by atoms with Crippen LogP contribution < -0.4 is 0 Å². The van der Waals surface area contributed by atoms with E-state index < -0.39 is 4.92 Å². The number of nitro benzene ring substituents is 1. The third kappa shape index (κ3) is 1.97. The molecule has 1 fully saturated rings. The Hall–Kier alpha value is -2.57. The molecule has 1 aromatic heterocycles. The van der Waals surface area contributed by atoms with Crippen LogP contribution in [-0.2, 0) is 0 Å². The summed E-state index contributed by atoms with van der Waals surface area (Å²) in [5, 5.41) is 18.7. The summed E-state index contributed by atoms with van der Waals surface area (Å²) in [5.74, 6) is 0.267. The first kappa shape index (κ1) is 12.5. The number of hydrogen-bond acceptors (Lipinski definition) is 5. The molecule has 0 atom stereocenters. The highest BCUT2D eigenvalue weighted by atomic mass is 16.6. The summed E-state index contributed by atoms with van der Waals surface area (Å²) in [4.78, 5) is 21.5. The Morgan fingerprint density at radius 3 is 2.80 bits per heavy atom. The summed E-state index contributed by atoms with van der Waals surface area (Å²) >= 11 is 0. The van der Waals surface area contributed by atoms with Gasteiger partial charge in [-0.05, 0) is 25.3 Å². The second-order valence-corrected chi connectivity index (χ2v) is 4.89. The molecule has 0 amide bonds. The van der Waals surface area contributed by atoms with Crippen LogP contribution in [0.2, 0.25) is 0 Å². The van der Waals surface area contributed by atoms with Crippen molar-refractivity contribution < 1.29 is 9.72 Å². The molecule has 0 saturated heterocycles. The summed E-state index contributed by atoms with van der Waals surface area (Å²) in [6, 6.07) is 4.59. The first-order valence-corrected chi connectivity index (χ1v) is 6.28. The molecule has 0 unspecified atom stereocenters. The number of aryl methyl sites for hydroxylation is 1. The van der Waals surface area contributed by atoms with Crippen molar-refractivity contribution >= 4 is 12.0 Å². The molecular weight excluding hydrogens is 260 g/mol. The number of aromatic nitrogens is 3. The topological polar surface area (TPSA) is 90.9 Å². The van der Waals surface area contributed by atoms with E-state index in [2.05, 4.69) is 10.3 Å². The molecule has 0 N–H and O–H groups in total. The molecule has 0 aliphatic heterocycles. The fraction of sp³-hybridized carbons (Fsp3) is 0.308. The average Bonchev–Trinajstić information content (AvgIpc) is 3.18. The lowest BCUT2D eigenvalue weighted by Gasteiger charge is -2.08. The first-order chi connectivity index (χ1) is 9.61. The van der Waals surface area contributed by atoms with Gasteiger partial charge in [0.2, 0.25) is 0 Å². The van der Waals surface area contributed by atoms with Crippen molar-refractivity contribution in [2.24, 2.45) is 0 Å². The zero-order chi connectivity index (χ0) is 14.3. The number of hydrogen-bond donors (Lipinski definition) is 0. The van der Waals surface area contributed by atoms with Crippen molar-refractivity contribution in [3.05, 3.63) is 45.3 Å². The number of rotatable bonds is 4. The highest BCUT2D eigenvalue weighted by Gasteiger charge is 2.32. The monoisotopic (exact) mass is 272 g/mol. The maximum Gasteiger partial charge on any atom is 0.271 e. The lowest BCUT2D eigenvalue weighted by atomic mass is 10.1. The highest BCUT2D eigenvalue weighted by molar-refractivity contribution is 5.74. The molecule has 7 heteroatoms. The Morgan fingerprint density at radius 2 is 2.20 bits per heavy atom. The molecule has 3 rings (SSSR count). The molecule has 1 aliphatic rings. The van der Waals surface area contributed by atoms with Gasteiger partial charge in [-0.15, -0.1) is 5.10 Å². The van der Waals surface area contributed by atoms with Crippen molar-refractivity contribution in [3.63, 3.8) is 0 Å². The van der Waals surface area contributed by atoms with Gasteiger partial charge in [0, 0.05) is 18.1 Å². The predicted molar refractivity (Wildman–Crippen MR) is 70.1 cm³/mol. The summed E-state index contributed by atoms with van der Waals surface area (Å²) in [6.07, 6.45) is 2.66. The largest absolute Gasteiger partial charge is 0.296 e. The van der Waals surface area contributed by atoms with Gasteiger partial charge < -0.3 is 0 Å². The Balaban J connectivity index is 2.18. The molecule has 0 radical (unpaired) electrons. The van der Waals surface area contributed by atoms with E-state index in [0.29, 0.717) is 17.7 Å². The molecule has 1 saturated carbocycles. The van der Waals surface area contributed by atoms with Gasteiger partial charge in [-0.2, -0.15) is 0 Å². The van der Waals surface area contributed by atoms with Gasteiger partial charge in [-0.25, -0.2) is 4.68 Å². The van der Waals surface area contributed by atoms with Gasteiger partial charge in [-0.1, -0.05) is 11.3 Å². The minimum absolute atomic E-state index is 0.00417. The van der Waals surface area contributed by atoms with Crippen molar-refractivity contribution in [1.29, 1.82) is 0 Å². The number of nitrogens with zero attached hydrogens (tertiary/aromatic N) is 4. The van der Waals surface area contributed by atoms with Gasteiger partial charge in [0.15, 0.2) is 6.29 Å². The molecule has 2 aromatic rings. The quantitative estimate of drug-likeness (QED) is 0.483. The Morgan fingerprint density at radius 1 is 1.45 bits per heavy atom. The first-order valence-electron chi connectivity index (χ1n) is 6.28. The Bertz CT molecular complexity index is 704. The molecule has 1 aliphatic carbocycles. The van der Waals surface area contributed by atoms with E-state index in [4.69, 9.17) is 0 Å². The number of carbonyl (C=O) groups is 1. The predicted octanol–water partition coefficient (Wildman–Crippen LogP) is 2.17. The molecule has 1 aromatic carbocycles. The third-order valence-electron chi connectivity index (χ3n) is 3.44. The normalized spacial score (nSPS) is 14.2. The van der Waals surface area contributed by atoms with Crippen LogP contribution in [0.25, 0.3) is 5.69 Å². The smallest absolute Gasteiger partial charge is 0.271 e. The maximum absolute atomic E-state index is 11.0. The van der Waals surface area contributed by atoms with Crippen molar-refractivity contribution in [2.45, 2.75) is 25.7 Å². The van der Waals surface area contributed by atoms with Gasteiger partial charge in [-0.3, -0.25) is 14.9 Å². The molecule has 1 heterocycles. The van der Waals surface area contributed by atoms with Crippen molar-refractivity contribution in [1.82, 2.24) is 15.0 Å². The highest BCUT2D eigenvalue weighted by Crippen LogP contribution is 2.42. The SMILES string of the molecule is Cc1ccc([N+](=O)[O-])cc1-n1nnc(C=O)c1C1CC1. The summed E-state index contributed by atoms with van der Waals surface area (Å²) < 4.78 is 1.56. The molecule has 20 heavy (non-hydrogen) atoms. The van der Waals surface area contributed by atoms with E-state index in [-0.39, 0.29) is 11.6 Å². The zero-order valence-electron chi connectivity index (χ0n) is 10.8. The van der Waals surface area contributed by atoms with Crippen LogP contribution in [0.1, 0.15) is 40.5 Å². The van der Waals surface area contributed by atoms with Gasteiger partial charge >= 0.3 is 0 Å². The number of carbonyl (C=O) groups excluding carboxylic acids is 1. The number of aldehydes is 1. The lowest BCUT2D eigenvalue weighted by molar-refractivity contribution is -0.384. The molecular formula is C13H12N4O3. The van der Waals surface area contributed by atoms with E-state index >= 15 is 0 Å². The van der Waals surface area contributed by atoms with E-state index in [1.54, 1.807) is 10.7 Å². The van der Waals surface area contributed by atoms with Crippen LogP contribution in [0.5, 0.6) is 0 Å². The van der Waals surface area contributed by atoms with Crippen LogP contribution in [0, 0.1) is 17.0 Å². The fourth-order valence-electron chi connectivity index (χ4n) is 2.24. The zero-order valence-corrected chi connectivity index (χ0v) is 10.8. The molecule has 0 bridgehead atoms. The van der Waals surface area contributed by atoms with Gasteiger partial charge in [0.05, 0.1) is 16.3 Å². The molecule has 0 spiro atoms. The second-order valence-electron chi connectivity index (χ2n) is 4.89. The van der Waals surface area contributed by atoms with Crippen molar-refractivity contribution in [3.8, 4) is 5.69 Å². The van der Waals surface area contributed by atoms with E-state index in [0.717, 1.165) is 24.1 Å². The maximum atomic E-state index is 11.0. The number of non-ortho nitro benzene ring substituents is 1. The van der Waals surface area contributed by atoms with Gasteiger partial charge in [0.25, 0.3) is 5.69 Å². The van der Waals surface area contributed by atoms with Crippen LogP contribution >= 0.6 is 0 Å². The van der Waals surface area contributed by atoms with E-state index in [1.807, 2.05) is 6.92 Å². The second kappa shape index (κ2) is 4.52. The standard InChI is InChI=1S/C13H12N4O3/c1-8-2-5-10(17(19)20)6-12(8)16-13(9-3-4-9)11(7-18)14-15-16/h2,5-7,9H,3-4H2,1H3. The van der Waals surface area contributed by atoms with Crippen LogP contribution in [0.15, 0.2) is 18.2 Å². The molecule has 102 valence electrons. The summed E-state index contributed by atoms with van der Waals surface area (Å²) in [7, 11) is 0. The van der Waals surface area contributed by atoms with E-state index in [1.165, 1.54) is 12.1 Å². The van der Waals surface area contributed by atoms with Crippen LogP contribution in [0.3, 0.4) is 0 Å². The third-order valence-corrected chi connectivity index (χ3v) is 3.44. The minimum Gasteiger partial charge on any atom is -0.296 e. The summed E-state index contributed by atoms with van der Waals surface area (Å²) in [6.45, 7) is 1.85. The number of benzene rings is 1. The average molecular weight is 272 g/mol. The summed E-state index contributed by atoms with van der Waals surface area (Å²) in [5.41, 5.74) is 2.51. The Kier molecular flexibility index (Phi) is 2.81. The fourth-order valence-corrected chi connectivity index (χ4v) is 2.24.